The summed E-state index contributed by atoms with van der Waals surface area (Å²) in [6, 6.07) is 0. The highest BCUT2D eigenvalue weighted by Gasteiger charge is 2.35. The van der Waals surface area contributed by atoms with E-state index < -0.39 is 17.7 Å². The van der Waals surface area contributed by atoms with Crippen molar-refractivity contribution in [1.29, 1.82) is 0 Å². The minimum Gasteiger partial charge on any atom is -0.460 e. The fraction of sp³-hybridized carbons (Fsp3) is 0.846. The fourth-order valence-electron chi connectivity index (χ4n) is 0.930. The summed E-state index contributed by atoms with van der Waals surface area (Å²) in [6.45, 7) is 10.3. The number of hydrogen-bond acceptors (Lipinski definition) is 5. The Balaban J connectivity index is 4.36. The molecule has 18 heavy (non-hydrogen) atoms. The SMILES string of the molecule is CCC(C)OC(=O)OC(C)(C)C(=O)OC(C)CC. The van der Waals surface area contributed by atoms with Gasteiger partial charge in [-0.25, -0.2) is 9.59 Å². The van der Waals surface area contributed by atoms with Crippen LogP contribution in [0.2, 0.25) is 0 Å². The molecule has 0 radical (unpaired) electrons. The highest BCUT2D eigenvalue weighted by atomic mass is 16.7. The van der Waals surface area contributed by atoms with Crippen molar-refractivity contribution in [2.75, 3.05) is 0 Å². The zero-order valence-corrected chi connectivity index (χ0v) is 12.1. The van der Waals surface area contributed by atoms with E-state index in [1.54, 1.807) is 13.8 Å². The monoisotopic (exact) mass is 260 g/mol. The van der Waals surface area contributed by atoms with Gasteiger partial charge in [-0.1, -0.05) is 13.8 Å². The summed E-state index contributed by atoms with van der Waals surface area (Å²) in [5.74, 6) is -0.571. The minimum atomic E-state index is -1.34. The number of hydrogen-bond donors (Lipinski definition) is 0. The Hall–Kier alpha value is -1.26. The first kappa shape index (κ1) is 16.7. The zero-order valence-electron chi connectivity index (χ0n) is 12.1. The molecule has 0 aromatic rings. The lowest BCUT2D eigenvalue weighted by atomic mass is 10.1. The van der Waals surface area contributed by atoms with Crippen LogP contribution in [0.15, 0.2) is 0 Å². The van der Waals surface area contributed by atoms with Crippen LogP contribution in [0.1, 0.15) is 54.4 Å². The third-order valence-electron chi connectivity index (χ3n) is 2.59. The molecule has 0 aromatic carbocycles. The molecule has 0 heterocycles. The molecule has 2 atom stereocenters. The topological polar surface area (TPSA) is 61.8 Å². The third kappa shape index (κ3) is 5.89. The van der Waals surface area contributed by atoms with E-state index in [1.165, 1.54) is 13.8 Å². The molecule has 0 rings (SSSR count). The standard InChI is InChI=1S/C13H24O5/c1-7-9(3)16-11(14)13(5,6)18-12(15)17-10(4)8-2/h9-10H,7-8H2,1-6H3. The van der Waals surface area contributed by atoms with Crippen molar-refractivity contribution in [3.05, 3.63) is 0 Å². The molecule has 0 aliphatic heterocycles. The van der Waals surface area contributed by atoms with Gasteiger partial charge in [-0.3, -0.25) is 0 Å². The van der Waals surface area contributed by atoms with E-state index >= 15 is 0 Å². The molecular weight excluding hydrogens is 236 g/mol. The number of carbonyl (C=O) groups is 2. The molecule has 0 saturated carbocycles. The van der Waals surface area contributed by atoms with Gasteiger partial charge in [0.1, 0.15) is 6.10 Å². The van der Waals surface area contributed by atoms with Crippen LogP contribution >= 0.6 is 0 Å². The molecule has 0 spiro atoms. The number of carbonyl (C=O) groups excluding carboxylic acids is 2. The molecule has 0 N–H and O–H groups in total. The average molecular weight is 260 g/mol. The van der Waals surface area contributed by atoms with Crippen molar-refractivity contribution in [3.63, 3.8) is 0 Å². The van der Waals surface area contributed by atoms with Crippen molar-refractivity contribution >= 4 is 12.1 Å². The van der Waals surface area contributed by atoms with Crippen LogP contribution in [0.5, 0.6) is 0 Å². The lowest BCUT2D eigenvalue weighted by Crippen LogP contribution is -2.40. The lowest BCUT2D eigenvalue weighted by Gasteiger charge is -2.25. The predicted molar refractivity (Wildman–Crippen MR) is 67.2 cm³/mol. The van der Waals surface area contributed by atoms with Crippen molar-refractivity contribution in [3.8, 4) is 0 Å². The minimum absolute atomic E-state index is 0.203. The molecule has 0 saturated heterocycles. The lowest BCUT2D eigenvalue weighted by molar-refractivity contribution is -0.169. The highest BCUT2D eigenvalue weighted by Crippen LogP contribution is 2.15. The van der Waals surface area contributed by atoms with Crippen molar-refractivity contribution < 1.29 is 23.8 Å². The molecule has 0 amide bonds. The maximum atomic E-state index is 11.8. The predicted octanol–water partition coefficient (Wildman–Crippen LogP) is 3.06. The maximum Gasteiger partial charge on any atom is 0.509 e. The quantitative estimate of drug-likeness (QED) is 0.687. The van der Waals surface area contributed by atoms with Gasteiger partial charge in [0.2, 0.25) is 5.60 Å². The smallest absolute Gasteiger partial charge is 0.460 e. The van der Waals surface area contributed by atoms with Crippen molar-refractivity contribution in [1.82, 2.24) is 0 Å². The fourth-order valence-corrected chi connectivity index (χ4v) is 0.930. The van der Waals surface area contributed by atoms with Gasteiger partial charge < -0.3 is 14.2 Å². The molecule has 0 aliphatic rings. The first-order valence-corrected chi connectivity index (χ1v) is 6.33. The first-order valence-electron chi connectivity index (χ1n) is 6.33. The summed E-state index contributed by atoms with van der Waals surface area (Å²) in [7, 11) is 0. The summed E-state index contributed by atoms with van der Waals surface area (Å²) in [6.07, 6.45) is 0.103. The molecule has 2 unspecified atom stereocenters. The van der Waals surface area contributed by atoms with Crippen molar-refractivity contribution in [2.24, 2.45) is 0 Å². The Morgan fingerprint density at radius 3 is 1.89 bits per heavy atom. The third-order valence-corrected chi connectivity index (χ3v) is 2.59. The molecule has 0 bridgehead atoms. The Morgan fingerprint density at radius 2 is 1.44 bits per heavy atom. The Kier molecular flexibility index (Phi) is 6.73. The van der Waals surface area contributed by atoms with Crippen LogP contribution in [0, 0.1) is 0 Å². The molecule has 106 valence electrons. The molecule has 5 nitrogen and oxygen atoms in total. The Morgan fingerprint density at radius 1 is 1.00 bits per heavy atom. The van der Waals surface area contributed by atoms with Gasteiger partial charge in [-0.05, 0) is 40.5 Å². The highest BCUT2D eigenvalue weighted by molar-refractivity contribution is 5.81. The van der Waals surface area contributed by atoms with Crippen LogP contribution in [-0.4, -0.2) is 29.9 Å². The van der Waals surface area contributed by atoms with Gasteiger partial charge in [-0.2, -0.15) is 0 Å². The first-order chi connectivity index (χ1) is 8.22. The van der Waals surface area contributed by atoms with E-state index in [-0.39, 0.29) is 12.2 Å². The summed E-state index contributed by atoms with van der Waals surface area (Å²) in [5, 5.41) is 0. The molecule has 0 fully saturated rings. The largest absolute Gasteiger partial charge is 0.509 e. The molecule has 5 heteroatoms. The zero-order chi connectivity index (χ0) is 14.3. The Bertz CT molecular complexity index is 285. The van der Waals surface area contributed by atoms with Gasteiger partial charge in [0.05, 0.1) is 6.10 Å². The molecular formula is C13H24O5. The van der Waals surface area contributed by atoms with E-state index in [0.717, 1.165) is 0 Å². The summed E-state index contributed by atoms with van der Waals surface area (Å²) >= 11 is 0. The van der Waals surface area contributed by atoms with Crippen LogP contribution in [0.25, 0.3) is 0 Å². The van der Waals surface area contributed by atoms with Crippen molar-refractivity contribution in [2.45, 2.75) is 72.2 Å². The number of ether oxygens (including phenoxy) is 3. The van der Waals surface area contributed by atoms with E-state index in [0.29, 0.717) is 12.8 Å². The van der Waals surface area contributed by atoms with Crippen LogP contribution < -0.4 is 0 Å². The summed E-state index contributed by atoms with van der Waals surface area (Å²) < 4.78 is 15.1. The second-order valence-corrected chi connectivity index (χ2v) is 4.82. The average Bonchev–Trinajstić information content (AvgIpc) is 2.27. The maximum absolute atomic E-state index is 11.8. The van der Waals surface area contributed by atoms with Gasteiger partial charge in [-0.15, -0.1) is 0 Å². The van der Waals surface area contributed by atoms with E-state index in [4.69, 9.17) is 14.2 Å². The second-order valence-electron chi connectivity index (χ2n) is 4.82. The van der Waals surface area contributed by atoms with Gasteiger partial charge in [0, 0.05) is 0 Å². The second kappa shape index (κ2) is 7.24. The van der Waals surface area contributed by atoms with Gasteiger partial charge in [0.15, 0.2) is 0 Å². The van der Waals surface area contributed by atoms with Crippen LogP contribution in [0.4, 0.5) is 4.79 Å². The Labute approximate surface area is 109 Å². The summed E-state index contributed by atoms with van der Waals surface area (Å²) in [4.78, 5) is 23.2. The normalized spacial score (nSPS) is 14.6. The number of esters is 1. The van der Waals surface area contributed by atoms with E-state index in [1.807, 2.05) is 13.8 Å². The van der Waals surface area contributed by atoms with E-state index in [2.05, 4.69) is 0 Å². The van der Waals surface area contributed by atoms with E-state index in [9.17, 15) is 9.59 Å². The van der Waals surface area contributed by atoms with Crippen LogP contribution in [-0.2, 0) is 19.0 Å². The molecule has 0 aromatic heterocycles. The molecule has 0 aliphatic carbocycles. The summed E-state index contributed by atoms with van der Waals surface area (Å²) in [5.41, 5.74) is -1.34. The number of rotatable bonds is 6. The van der Waals surface area contributed by atoms with Crippen LogP contribution in [0.3, 0.4) is 0 Å². The van der Waals surface area contributed by atoms with Gasteiger partial charge in [0.25, 0.3) is 0 Å². The van der Waals surface area contributed by atoms with Gasteiger partial charge >= 0.3 is 12.1 Å².